The van der Waals surface area contributed by atoms with Crippen molar-refractivity contribution in [3.8, 4) is 45.3 Å². The molecule has 4 aromatic heterocycles. The maximum absolute atomic E-state index is 6.99. The second kappa shape index (κ2) is 13.5. The van der Waals surface area contributed by atoms with E-state index in [4.69, 9.17) is 17.7 Å². The normalized spacial score (nSPS) is 11.8. The highest BCUT2D eigenvalue weighted by molar-refractivity contribution is 6.37. The van der Waals surface area contributed by atoms with Crippen molar-refractivity contribution in [1.29, 1.82) is 0 Å². The molecule has 0 saturated heterocycles. The van der Waals surface area contributed by atoms with Crippen LogP contribution >= 0.6 is 0 Å². The van der Waals surface area contributed by atoms with E-state index < -0.39 is 0 Å². The van der Waals surface area contributed by atoms with Crippen molar-refractivity contribution >= 4 is 71.7 Å². The van der Waals surface area contributed by atoms with Gasteiger partial charge in [0.15, 0.2) is 0 Å². The first-order valence-electron chi connectivity index (χ1n) is 20.1. The Morgan fingerprint density at radius 2 is 0.617 bits per heavy atom. The van der Waals surface area contributed by atoms with Crippen LogP contribution in [0.3, 0.4) is 0 Å². The number of nitrogens with zero attached hydrogens (tertiary/aromatic N) is 1. The summed E-state index contributed by atoms with van der Waals surface area (Å²) in [6.07, 6.45) is 0. The number of hydrogen-bond donors (Lipinski definition) is 0. The van der Waals surface area contributed by atoms with Crippen molar-refractivity contribution in [2.45, 2.75) is 6.92 Å². The van der Waals surface area contributed by atoms with Crippen LogP contribution in [0.5, 0.6) is 0 Å². The van der Waals surface area contributed by atoms with Crippen molar-refractivity contribution in [3.63, 3.8) is 0 Å². The number of fused-ring (bicyclic) bond motifs is 11. The smallest absolute Gasteiger partial charge is 0.147 e. The molecule has 0 aliphatic carbocycles. The van der Waals surface area contributed by atoms with Crippen molar-refractivity contribution in [1.82, 2.24) is 0 Å². The molecule has 5 nitrogen and oxygen atoms in total. The van der Waals surface area contributed by atoms with Gasteiger partial charge in [0.2, 0.25) is 0 Å². The number of rotatable bonds is 7. The lowest BCUT2D eigenvalue weighted by atomic mass is 9.97. The molecular weight excluding hydrogens is 739 g/mol. The van der Waals surface area contributed by atoms with Crippen LogP contribution in [-0.2, 0) is 0 Å². The Morgan fingerprint density at radius 3 is 1.03 bits per heavy atom. The highest BCUT2D eigenvalue weighted by Crippen LogP contribution is 2.50. The third-order valence-corrected chi connectivity index (χ3v) is 11.6. The molecule has 4 heterocycles. The molecule has 0 bridgehead atoms. The lowest BCUT2D eigenvalue weighted by Crippen LogP contribution is -2.09. The van der Waals surface area contributed by atoms with Crippen LogP contribution in [0.4, 0.5) is 17.1 Å². The first-order valence-corrected chi connectivity index (χ1v) is 20.1. The van der Waals surface area contributed by atoms with E-state index in [0.29, 0.717) is 0 Å². The highest BCUT2D eigenvalue weighted by Gasteiger charge is 2.27. The number of aryl methyl sites for hydroxylation is 1. The second-order valence-electron chi connectivity index (χ2n) is 15.3. The van der Waals surface area contributed by atoms with Crippen molar-refractivity contribution in [2.24, 2.45) is 0 Å². The van der Waals surface area contributed by atoms with E-state index in [1.807, 2.05) is 48.5 Å². The Bertz CT molecular complexity index is 3460. The van der Waals surface area contributed by atoms with E-state index >= 15 is 0 Å². The predicted molar refractivity (Wildman–Crippen MR) is 244 cm³/mol. The van der Waals surface area contributed by atoms with Gasteiger partial charge in [-0.25, -0.2) is 0 Å². The van der Waals surface area contributed by atoms with Crippen molar-refractivity contribution in [2.75, 3.05) is 4.90 Å². The summed E-state index contributed by atoms with van der Waals surface area (Å²) in [6, 6.07) is 66.8. The Kier molecular flexibility index (Phi) is 7.69. The molecule has 0 aliphatic heterocycles. The minimum atomic E-state index is 0.717. The van der Waals surface area contributed by atoms with Gasteiger partial charge in [-0.3, -0.25) is 0 Å². The second-order valence-corrected chi connectivity index (χ2v) is 15.3. The fraction of sp³-hybridized carbons (Fsp3) is 0.0182. The SMILES string of the molecule is Cc1ccc(-c2cc3c(o2)c2cc(-c4ccccc4)oc2c2c4cc(-c5ccc(N(c6ccccc6)c6ccccc6)cc5)oc4c4cc(-c5ccccc5)oc4c32)cc1. The summed E-state index contributed by atoms with van der Waals surface area (Å²) in [5.41, 5.74) is 11.2. The molecule has 0 aliphatic rings. The zero-order valence-electron chi connectivity index (χ0n) is 32.6. The molecule has 0 spiro atoms. The molecule has 0 atom stereocenters. The molecule has 60 heavy (non-hydrogen) atoms. The first-order chi connectivity index (χ1) is 29.6. The molecule has 8 aromatic carbocycles. The topological polar surface area (TPSA) is 55.8 Å². The van der Waals surface area contributed by atoms with Crippen molar-refractivity contribution < 1.29 is 17.7 Å². The molecule has 12 rings (SSSR count). The molecule has 12 aromatic rings. The van der Waals surface area contributed by atoms with Gasteiger partial charge in [-0.2, -0.15) is 0 Å². The average Bonchev–Trinajstić information content (AvgIpc) is 4.13. The molecule has 0 N–H and O–H groups in total. The number of hydrogen-bond acceptors (Lipinski definition) is 5. The van der Waals surface area contributed by atoms with Gasteiger partial charge in [0.05, 0.1) is 10.8 Å². The molecule has 0 amide bonds. The maximum Gasteiger partial charge on any atom is 0.147 e. The molecule has 284 valence electrons. The van der Waals surface area contributed by atoms with Gasteiger partial charge in [-0.15, -0.1) is 0 Å². The van der Waals surface area contributed by atoms with Gasteiger partial charge >= 0.3 is 0 Å². The largest absolute Gasteiger partial charge is 0.455 e. The highest BCUT2D eigenvalue weighted by atomic mass is 16.4. The van der Waals surface area contributed by atoms with Gasteiger partial charge in [0.25, 0.3) is 0 Å². The number of benzene rings is 8. The minimum absolute atomic E-state index is 0.717. The first kappa shape index (κ1) is 34.1. The molecule has 5 heteroatoms. The molecule has 0 unspecified atom stereocenters. The van der Waals surface area contributed by atoms with E-state index in [2.05, 4.69) is 157 Å². The molecular formula is C55H35NO4. The van der Waals surface area contributed by atoms with Crippen LogP contribution in [0.1, 0.15) is 5.56 Å². The fourth-order valence-electron chi connectivity index (χ4n) is 8.65. The van der Waals surface area contributed by atoms with Crippen LogP contribution in [0.2, 0.25) is 0 Å². The van der Waals surface area contributed by atoms with Gasteiger partial charge in [-0.05, 0) is 79.7 Å². The summed E-state index contributed by atoms with van der Waals surface area (Å²) in [5.74, 6) is 3.03. The van der Waals surface area contributed by atoms with E-state index in [-0.39, 0.29) is 0 Å². The van der Waals surface area contributed by atoms with E-state index in [1.54, 1.807) is 0 Å². The van der Waals surface area contributed by atoms with Crippen LogP contribution in [0, 0.1) is 6.92 Å². The van der Waals surface area contributed by atoms with Gasteiger partial charge in [-0.1, -0.05) is 127 Å². The standard InChI is InChI=1S/C55H35NO4/c1-34-22-24-37(25-23-34)46-30-42-50-51(54-44(52(42)57-46)32-48(59-54)35-14-6-2-7-15-35)43-31-47(58-53(43)45-33-49(60-55(45)50)36-16-8-3-9-17-36)38-26-28-41(29-27-38)56(39-18-10-4-11-19-39)40-20-12-5-13-21-40/h2-33H,1H3. The predicted octanol–water partition coefficient (Wildman–Crippen LogP) is 16.3. The molecule has 0 radical (unpaired) electrons. The Morgan fingerprint density at radius 1 is 0.300 bits per heavy atom. The summed E-state index contributed by atoms with van der Waals surface area (Å²) in [4.78, 5) is 2.26. The zero-order chi connectivity index (χ0) is 39.7. The van der Waals surface area contributed by atoms with E-state index in [9.17, 15) is 0 Å². The van der Waals surface area contributed by atoms with E-state index in [0.717, 1.165) is 117 Å². The summed E-state index contributed by atoms with van der Waals surface area (Å²) >= 11 is 0. The number of para-hydroxylation sites is 2. The van der Waals surface area contributed by atoms with Gasteiger partial charge in [0, 0.05) is 60.9 Å². The van der Waals surface area contributed by atoms with E-state index in [1.165, 1.54) is 5.56 Å². The summed E-state index contributed by atoms with van der Waals surface area (Å²) in [7, 11) is 0. The summed E-state index contributed by atoms with van der Waals surface area (Å²) in [5, 5.41) is 5.49. The van der Waals surface area contributed by atoms with Crippen LogP contribution < -0.4 is 4.90 Å². The average molecular weight is 774 g/mol. The van der Waals surface area contributed by atoms with Crippen LogP contribution in [0.15, 0.2) is 212 Å². The molecule has 0 fully saturated rings. The third kappa shape index (κ3) is 5.48. The zero-order valence-corrected chi connectivity index (χ0v) is 32.6. The number of furan rings is 4. The Hall–Kier alpha value is -8.02. The van der Waals surface area contributed by atoms with Crippen molar-refractivity contribution in [3.05, 3.63) is 200 Å². The van der Waals surface area contributed by atoms with Gasteiger partial charge in [0.1, 0.15) is 45.4 Å². The van der Waals surface area contributed by atoms with Crippen LogP contribution in [0.25, 0.3) is 99.9 Å². The Balaban J connectivity index is 1.13. The van der Waals surface area contributed by atoms with Gasteiger partial charge < -0.3 is 22.6 Å². The quantitative estimate of drug-likeness (QED) is 0.161. The summed E-state index contributed by atoms with van der Waals surface area (Å²) < 4.78 is 27.7. The minimum Gasteiger partial charge on any atom is -0.455 e. The van der Waals surface area contributed by atoms with Crippen LogP contribution in [-0.4, -0.2) is 0 Å². The Labute approximate surface area is 344 Å². The lowest BCUT2D eigenvalue weighted by molar-refractivity contribution is 0.626. The third-order valence-electron chi connectivity index (χ3n) is 11.6. The maximum atomic E-state index is 6.99. The lowest BCUT2D eigenvalue weighted by Gasteiger charge is -2.25. The summed E-state index contributed by atoms with van der Waals surface area (Å²) in [6.45, 7) is 2.09. The fourth-order valence-corrected chi connectivity index (χ4v) is 8.65. The molecule has 0 saturated carbocycles. The number of anilines is 3. The monoisotopic (exact) mass is 773 g/mol.